The fourth-order valence-corrected chi connectivity index (χ4v) is 3.46. The molecule has 4 rings (SSSR count). The van der Waals surface area contributed by atoms with Crippen molar-refractivity contribution in [1.82, 2.24) is 0 Å². The average Bonchev–Trinajstić information content (AvgIpc) is 2.73. The number of hydrogen-bond acceptors (Lipinski definition) is 11. The Bertz CT molecular complexity index is 1230. The van der Waals surface area contributed by atoms with Crippen molar-refractivity contribution in [2.75, 3.05) is 0 Å². The maximum atomic E-state index is 13.2. The summed E-state index contributed by atoms with van der Waals surface area (Å²) in [7, 11) is 0. The number of aromatic hydroxyl groups is 4. The molecule has 3 aromatic rings. The zero-order chi connectivity index (χ0) is 23.3. The third-order valence-electron chi connectivity index (χ3n) is 5.20. The Kier molecular flexibility index (Phi) is 5.34. The lowest BCUT2D eigenvalue weighted by Crippen LogP contribution is -2.58. The van der Waals surface area contributed by atoms with Crippen molar-refractivity contribution >= 4 is 11.0 Å². The van der Waals surface area contributed by atoms with Crippen molar-refractivity contribution in [3.05, 3.63) is 40.6 Å². The first kappa shape index (κ1) is 21.7. The lowest BCUT2D eigenvalue weighted by molar-refractivity contribution is -0.268. The van der Waals surface area contributed by atoms with Crippen LogP contribution in [0.25, 0.3) is 22.3 Å². The second kappa shape index (κ2) is 7.88. The molecule has 32 heavy (non-hydrogen) atoms. The Morgan fingerprint density at radius 2 is 1.59 bits per heavy atom. The maximum Gasteiger partial charge on any atom is 0.239 e. The molecule has 170 valence electrons. The van der Waals surface area contributed by atoms with E-state index in [1.807, 2.05) is 0 Å². The van der Waals surface area contributed by atoms with Gasteiger partial charge in [-0.15, -0.1) is 0 Å². The highest BCUT2D eigenvalue weighted by Gasteiger charge is 2.44. The van der Waals surface area contributed by atoms with Gasteiger partial charge in [0, 0.05) is 17.7 Å². The number of aliphatic hydroxyl groups is 3. The standard InChI is InChI=1S/C21H20O11/c1-7-15(26)17(28)18(29)21(30-7)32-20-16(27)14-12(25)5-9(22)6-13(14)31-19(20)8-2-3-10(23)11(24)4-8/h2-7,15,17-18,21-26,28-29H,1H3/t7-,15+,17+,18+,21-/m1/s1. The quantitative estimate of drug-likeness (QED) is 0.276. The van der Waals surface area contributed by atoms with Crippen molar-refractivity contribution in [2.45, 2.75) is 37.6 Å². The summed E-state index contributed by atoms with van der Waals surface area (Å²) < 4.78 is 16.6. The van der Waals surface area contributed by atoms with E-state index in [4.69, 9.17) is 13.9 Å². The van der Waals surface area contributed by atoms with Gasteiger partial charge in [0.1, 0.15) is 40.8 Å². The highest BCUT2D eigenvalue weighted by molar-refractivity contribution is 5.88. The Morgan fingerprint density at radius 3 is 2.28 bits per heavy atom. The Hall–Kier alpha value is -3.51. The predicted molar refractivity (Wildman–Crippen MR) is 108 cm³/mol. The van der Waals surface area contributed by atoms with Crippen LogP contribution in [0.1, 0.15) is 6.92 Å². The number of benzene rings is 2. The lowest BCUT2D eigenvalue weighted by atomic mass is 10.00. The number of phenolic OH excluding ortho intramolecular Hbond substituents is 4. The van der Waals surface area contributed by atoms with Crippen LogP contribution in [-0.2, 0) is 4.74 Å². The van der Waals surface area contributed by atoms with Crippen LogP contribution in [0.5, 0.6) is 28.7 Å². The molecule has 2 heterocycles. The van der Waals surface area contributed by atoms with E-state index in [1.165, 1.54) is 13.0 Å². The van der Waals surface area contributed by atoms with E-state index < -0.39 is 59.1 Å². The molecular formula is C21H20O11. The highest BCUT2D eigenvalue weighted by Crippen LogP contribution is 2.39. The summed E-state index contributed by atoms with van der Waals surface area (Å²) in [5.41, 5.74) is -1.05. The molecule has 1 aromatic heterocycles. The van der Waals surface area contributed by atoms with Gasteiger partial charge in [-0.05, 0) is 25.1 Å². The summed E-state index contributed by atoms with van der Waals surface area (Å²) in [6.45, 7) is 1.42. The van der Waals surface area contributed by atoms with Crippen LogP contribution >= 0.6 is 0 Å². The summed E-state index contributed by atoms with van der Waals surface area (Å²) in [6.07, 6.45) is -7.35. The number of phenols is 4. The van der Waals surface area contributed by atoms with Crippen LogP contribution < -0.4 is 10.2 Å². The first-order valence-corrected chi connectivity index (χ1v) is 9.50. The molecule has 0 radical (unpaired) electrons. The van der Waals surface area contributed by atoms with Gasteiger partial charge in [-0.25, -0.2) is 0 Å². The summed E-state index contributed by atoms with van der Waals surface area (Å²) in [4.78, 5) is 13.2. The van der Waals surface area contributed by atoms with Gasteiger partial charge in [-0.1, -0.05) is 0 Å². The molecule has 2 aromatic carbocycles. The van der Waals surface area contributed by atoms with E-state index in [-0.39, 0.29) is 28.0 Å². The largest absolute Gasteiger partial charge is 0.508 e. The third kappa shape index (κ3) is 3.56. The van der Waals surface area contributed by atoms with Gasteiger partial charge < -0.3 is 49.6 Å². The molecule has 0 spiro atoms. The third-order valence-corrected chi connectivity index (χ3v) is 5.20. The van der Waals surface area contributed by atoms with Crippen LogP contribution in [-0.4, -0.2) is 66.5 Å². The van der Waals surface area contributed by atoms with E-state index in [9.17, 15) is 40.5 Å². The van der Waals surface area contributed by atoms with Crippen LogP contribution in [0.4, 0.5) is 0 Å². The number of aliphatic hydroxyl groups excluding tert-OH is 3. The van der Waals surface area contributed by atoms with E-state index in [0.717, 1.165) is 24.3 Å². The fraction of sp³-hybridized carbons (Fsp3) is 0.286. The van der Waals surface area contributed by atoms with E-state index >= 15 is 0 Å². The van der Waals surface area contributed by atoms with Crippen LogP contribution in [0.2, 0.25) is 0 Å². The number of ether oxygens (including phenoxy) is 2. The SMILES string of the molecule is C[C@H]1O[C@H](Oc2c(-c3ccc(O)c(O)c3)oc3cc(O)cc(O)c3c2=O)[C@@H](O)[C@@H](O)[C@H]1O. The van der Waals surface area contributed by atoms with Crippen LogP contribution in [0.3, 0.4) is 0 Å². The van der Waals surface area contributed by atoms with Gasteiger partial charge in [0.2, 0.25) is 17.5 Å². The van der Waals surface area contributed by atoms with Crippen molar-refractivity contribution in [2.24, 2.45) is 0 Å². The maximum absolute atomic E-state index is 13.2. The molecule has 0 amide bonds. The minimum atomic E-state index is -1.74. The van der Waals surface area contributed by atoms with E-state index in [1.54, 1.807) is 0 Å². The van der Waals surface area contributed by atoms with E-state index in [0.29, 0.717) is 0 Å². The van der Waals surface area contributed by atoms with Crippen molar-refractivity contribution in [3.63, 3.8) is 0 Å². The number of rotatable bonds is 3. The molecule has 1 aliphatic rings. The van der Waals surface area contributed by atoms with Crippen molar-refractivity contribution < 1.29 is 49.6 Å². The molecule has 7 N–H and O–H groups in total. The molecule has 1 fully saturated rings. The zero-order valence-electron chi connectivity index (χ0n) is 16.5. The Labute approximate surface area is 179 Å². The molecular weight excluding hydrogens is 428 g/mol. The monoisotopic (exact) mass is 448 g/mol. The normalized spacial score (nSPS) is 25.7. The summed E-state index contributed by atoms with van der Waals surface area (Å²) in [5, 5.41) is 69.2. The molecule has 1 saturated heterocycles. The summed E-state index contributed by atoms with van der Waals surface area (Å²) in [5.74, 6) is -2.80. The molecule has 0 unspecified atom stereocenters. The molecule has 5 atom stereocenters. The molecule has 0 saturated carbocycles. The van der Waals surface area contributed by atoms with Gasteiger partial charge in [0.05, 0.1) is 6.10 Å². The highest BCUT2D eigenvalue weighted by atomic mass is 16.7. The smallest absolute Gasteiger partial charge is 0.239 e. The second-order valence-corrected chi connectivity index (χ2v) is 7.43. The molecule has 11 heteroatoms. The molecule has 0 bridgehead atoms. The van der Waals surface area contributed by atoms with Crippen LogP contribution in [0.15, 0.2) is 39.5 Å². The van der Waals surface area contributed by atoms with Crippen LogP contribution in [0, 0.1) is 0 Å². The zero-order valence-corrected chi connectivity index (χ0v) is 16.5. The molecule has 0 aliphatic carbocycles. The van der Waals surface area contributed by atoms with Gasteiger partial charge in [-0.2, -0.15) is 0 Å². The van der Waals surface area contributed by atoms with Gasteiger partial charge in [0.25, 0.3) is 0 Å². The number of hydrogen-bond donors (Lipinski definition) is 7. The molecule has 1 aliphatic heterocycles. The van der Waals surface area contributed by atoms with Crippen molar-refractivity contribution in [3.8, 4) is 40.1 Å². The molecule has 11 nitrogen and oxygen atoms in total. The topological polar surface area (TPSA) is 190 Å². The minimum absolute atomic E-state index is 0.0658. The lowest BCUT2D eigenvalue weighted by Gasteiger charge is -2.38. The Balaban J connectivity index is 1.92. The Morgan fingerprint density at radius 1 is 0.875 bits per heavy atom. The van der Waals surface area contributed by atoms with Gasteiger partial charge in [-0.3, -0.25) is 4.79 Å². The van der Waals surface area contributed by atoms with Gasteiger partial charge in [0.15, 0.2) is 17.3 Å². The first-order valence-electron chi connectivity index (χ1n) is 9.50. The number of fused-ring (bicyclic) bond motifs is 1. The second-order valence-electron chi connectivity index (χ2n) is 7.43. The van der Waals surface area contributed by atoms with E-state index in [2.05, 4.69) is 0 Å². The first-order chi connectivity index (χ1) is 15.1. The average molecular weight is 448 g/mol. The fourth-order valence-electron chi connectivity index (χ4n) is 3.46. The van der Waals surface area contributed by atoms with Crippen molar-refractivity contribution in [1.29, 1.82) is 0 Å². The predicted octanol–water partition coefficient (Wildman–Crippen LogP) is 0.489. The summed E-state index contributed by atoms with van der Waals surface area (Å²) >= 11 is 0. The van der Waals surface area contributed by atoms with Gasteiger partial charge >= 0.3 is 0 Å². The minimum Gasteiger partial charge on any atom is -0.508 e. The summed E-state index contributed by atoms with van der Waals surface area (Å²) in [6, 6.07) is 5.51.